The maximum absolute atomic E-state index is 12.1. The Balaban J connectivity index is 2.03. The van der Waals surface area contributed by atoms with Gasteiger partial charge in [-0.05, 0) is 6.07 Å². The van der Waals surface area contributed by atoms with Crippen LogP contribution in [0.4, 0.5) is 0 Å². The number of aromatic amines is 1. The fraction of sp³-hybridized carbons (Fsp3) is 0.538. The maximum Gasteiger partial charge on any atom is 0.253 e. The molecule has 2 rings (SSSR count). The molecule has 0 unspecified atom stereocenters. The van der Waals surface area contributed by atoms with Gasteiger partial charge in [0.2, 0.25) is 15.6 Å². The highest BCUT2D eigenvalue weighted by molar-refractivity contribution is 7.89. The monoisotopic (exact) mass is 329 g/mol. The number of amides is 1. The number of aromatic nitrogens is 1. The van der Waals surface area contributed by atoms with Gasteiger partial charge in [0.05, 0.1) is 30.6 Å². The Labute approximate surface area is 128 Å². The molecule has 1 saturated heterocycles. The molecule has 1 aliphatic heterocycles. The Morgan fingerprint density at radius 2 is 2.14 bits per heavy atom. The topological polar surface area (TPSA) is 109 Å². The predicted molar refractivity (Wildman–Crippen MR) is 80.1 cm³/mol. The molecule has 9 heteroatoms. The van der Waals surface area contributed by atoms with Gasteiger partial charge in [0.1, 0.15) is 0 Å². The third-order valence-corrected chi connectivity index (χ3v) is 5.50. The van der Waals surface area contributed by atoms with E-state index >= 15 is 0 Å². The lowest BCUT2D eigenvalue weighted by Crippen LogP contribution is -2.43. The van der Waals surface area contributed by atoms with Gasteiger partial charge in [0.15, 0.2) is 0 Å². The second-order valence-corrected chi connectivity index (χ2v) is 7.61. The van der Waals surface area contributed by atoms with Crippen LogP contribution in [-0.4, -0.2) is 62.7 Å². The predicted octanol–water partition coefficient (Wildman–Crippen LogP) is -0.989. The molecule has 122 valence electrons. The summed E-state index contributed by atoms with van der Waals surface area (Å²) in [4.78, 5) is 25.5. The molecule has 2 N–H and O–H groups in total. The first-order chi connectivity index (χ1) is 10.3. The highest BCUT2D eigenvalue weighted by atomic mass is 32.2. The summed E-state index contributed by atoms with van der Waals surface area (Å²) in [6, 6.07) is 2.29. The van der Waals surface area contributed by atoms with E-state index in [9.17, 15) is 18.0 Å². The van der Waals surface area contributed by atoms with E-state index in [2.05, 4.69) is 10.3 Å². The molecule has 1 aliphatic rings. The van der Waals surface area contributed by atoms with Crippen LogP contribution in [0.25, 0.3) is 0 Å². The molecule has 0 radical (unpaired) electrons. The molecular weight excluding hydrogens is 310 g/mol. The number of pyridine rings is 1. The van der Waals surface area contributed by atoms with Crippen LogP contribution >= 0.6 is 0 Å². The van der Waals surface area contributed by atoms with E-state index in [0.29, 0.717) is 5.56 Å². The minimum Gasteiger partial charge on any atom is -0.379 e. The van der Waals surface area contributed by atoms with Crippen LogP contribution in [-0.2, 0) is 14.8 Å². The summed E-state index contributed by atoms with van der Waals surface area (Å²) >= 11 is 0. The molecule has 2 heterocycles. The first-order valence-electron chi connectivity index (χ1n) is 6.77. The van der Waals surface area contributed by atoms with Crippen molar-refractivity contribution >= 4 is 15.9 Å². The molecular formula is C13H19N3O5S. The molecule has 22 heavy (non-hydrogen) atoms. The van der Waals surface area contributed by atoms with Gasteiger partial charge in [-0.2, -0.15) is 0 Å². The Morgan fingerprint density at radius 1 is 1.41 bits per heavy atom. The van der Waals surface area contributed by atoms with Crippen LogP contribution < -0.4 is 10.9 Å². The van der Waals surface area contributed by atoms with Gasteiger partial charge in [-0.15, -0.1) is 0 Å². The van der Waals surface area contributed by atoms with Crippen LogP contribution in [0.15, 0.2) is 23.1 Å². The summed E-state index contributed by atoms with van der Waals surface area (Å²) in [7, 11) is -0.423. The van der Waals surface area contributed by atoms with Crippen LogP contribution in [0.3, 0.4) is 0 Å². The highest BCUT2D eigenvalue weighted by Crippen LogP contribution is 2.17. The highest BCUT2D eigenvalue weighted by Gasteiger charge is 2.34. The van der Waals surface area contributed by atoms with E-state index in [-0.39, 0.29) is 42.4 Å². The summed E-state index contributed by atoms with van der Waals surface area (Å²) < 4.78 is 30.3. The summed E-state index contributed by atoms with van der Waals surface area (Å²) in [5.41, 5.74) is 0.0106. The van der Waals surface area contributed by atoms with Crippen molar-refractivity contribution in [2.75, 3.05) is 33.1 Å². The normalized spacial score (nSPS) is 22.0. The molecule has 1 aromatic heterocycles. The number of hydrogen-bond donors (Lipinski definition) is 2. The Bertz CT molecular complexity index is 677. The minimum atomic E-state index is -3.37. The van der Waals surface area contributed by atoms with Crippen molar-refractivity contribution in [3.63, 3.8) is 0 Å². The number of hydrogen-bond acceptors (Lipinski definition) is 5. The lowest BCUT2D eigenvalue weighted by molar-refractivity contribution is 0.0925. The molecule has 0 saturated carbocycles. The smallest absolute Gasteiger partial charge is 0.253 e. The van der Waals surface area contributed by atoms with Gasteiger partial charge in [-0.3, -0.25) is 9.59 Å². The number of H-pyrrole nitrogens is 1. The van der Waals surface area contributed by atoms with Crippen molar-refractivity contribution in [2.45, 2.75) is 6.04 Å². The minimum absolute atomic E-state index is 0.0867. The number of ether oxygens (including phenoxy) is 1. The van der Waals surface area contributed by atoms with Crippen LogP contribution in [0.2, 0.25) is 0 Å². The van der Waals surface area contributed by atoms with E-state index < -0.39 is 10.0 Å². The third-order valence-electron chi connectivity index (χ3n) is 3.54. The lowest BCUT2D eigenvalue weighted by atomic mass is 10.1. The molecule has 0 aliphatic carbocycles. The second-order valence-electron chi connectivity index (χ2n) is 5.38. The van der Waals surface area contributed by atoms with Crippen molar-refractivity contribution in [1.82, 2.24) is 14.6 Å². The molecule has 1 amide bonds. The molecule has 2 atom stereocenters. The first-order valence-corrected chi connectivity index (χ1v) is 8.38. The van der Waals surface area contributed by atoms with Gasteiger partial charge in [-0.25, -0.2) is 12.7 Å². The third kappa shape index (κ3) is 3.93. The fourth-order valence-corrected chi connectivity index (χ4v) is 3.31. The molecule has 1 aromatic rings. The average molecular weight is 329 g/mol. The summed E-state index contributed by atoms with van der Waals surface area (Å²) in [6.07, 6.45) is 1.32. The standard InChI is InChI=1S/C13H19N3O5S/c1-16(2)22(19,20)8-10-6-21-7-11(10)15-13(18)9-3-4-12(17)14-5-9/h3-5,10-11H,6-8H2,1-2H3,(H,14,17)(H,15,18)/t10-,11+/m0/s1. The lowest BCUT2D eigenvalue weighted by Gasteiger charge is -2.21. The van der Waals surface area contributed by atoms with E-state index in [1.807, 2.05) is 0 Å². The van der Waals surface area contributed by atoms with Crippen molar-refractivity contribution in [2.24, 2.45) is 5.92 Å². The molecule has 8 nitrogen and oxygen atoms in total. The number of nitrogens with zero attached hydrogens (tertiary/aromatic N) is 1. The number of sulfonamides is 1. The number of carbonyl (C=O) groups is 1. The van der Waals surface area contributed by atoms with Gasteiger partial charge >= 0.3 is 0 Å². The number of carbonyl (C=O) groups excluding carboxylic acids is 1. The van der Waals surface area contributed by atoms with E-state index in [0.717, 1.165) is 4.31 Å². The quantitative estimate of drug-likeness (QED) is 0.721. The SMILES string of the molecule is CN(C)S(=O)(=O)C[C@@H]1COC[C@H]1NC(=O)c1ccc(=O)[nH]c1. The Kier molecular flexibility index (Phi) is 4.99. The van der Waals surface area contributed by atoms with Gasteiger partial charge < -0.3 is 15.0 Å². The molecule has 1 fully saturated rings. The van der Waals surface area contributed by atoms with Crippen molar-refractivity contribution < 1.29 is 17.9 Å². The largest absolute Gasteiger partial charge is 0.379 e. The number of nitrogens with one attached hydrogen (secondary N) is 2. The van der Waals surface area contributed by atoms with Gasteiger partial charge in [0.25, 0.3) is 5.91 Å². The van der Waals surface area contributed by atoms with E-state index in [1.165, 1.54) is 32.4 Å². The Morgan fingerprint density at radius 3 is 2.73 bits per heavy atom. The summed E-state index contributed by atoms with van der Waals surface area (Å²) in [6.45, 7) is 0.548. The van der Waals surface area contributed by atoms with E-state index in [4.69, 9.17) is 4.74 Å². The van der Waals surface area contributed by atoms with Crippen molar-refractivity contribution in [3.8, 4) is 0 Å². The van der Waals surface area contributed by atoms with E-state index in [1.54, 1.807) is 0 Å². The van der Waals surface area contributed by atoms with Gasteiger partial charge in [-0.1, -0.05) is 0 Å². The summed E-state index contributed by atoms with van der Waals surface area (Å²) in [5.74, 6) is -0.769. The molecule has 0 aromatic carbocycles. The zero-order chi connectivity index (χ0) is 16.3. The van der Waals surface area contributed by atoms with Crippen molar-refractivity contribution in [3.05, 3.63) is 34.2 Å². The number of rotatable bonds is 5. The zero-order valence-corrected chi connectivity index (χ0v) is 13.2. The molecule has 0 spiro atoms. The van der Waals surface area contributed by atoms with Crippen LogP contribution in [0.1, 0.15) is 10.4 Å². The zero-order valence-electron chi connectivity index (χ0n) is 12.4. The average Bonchev–Trinajstić information content (AvgIpc) is 2.85. The fourth-order valence-electron chi connectivity index (χ4n) is 2.15. The van der Waals surface area contributed by atoms with Crippen LogP contribution in [0, 0.1) is 5.92 Å². The molecule has 0 bridgehead atoms. The van der Waals surface area contributed by atoms with Crippen molar-refractivity contribution in [1.29, 1.82) is 0 Å². The first kappa shape index (κ1) is 16.7. The second kappa shape index (κ2) is 6.59. The van der Waals surface area contributed by atoms with Crippen LogP contribution in [0.5, 0.6) is 0 Å². The Hall–Kier alpha value is -1.71. The maximum atomic E-state index is 12.1. The van der Waals surface area contributed by atoms with Gasteiger partial charge in [0, 0.05) is 32.3 Å². The summed E-state index contributed by atoms with van der Waals surface area (Å²) in [5, 5.41) is 2.76.